The summed E-state index contributed by atoms with van der Waals surface area (Å²) in [5.74, 6) is 0.184. The molecule has 5 nitrogen and oxygen atoms in total. The molecular formula is C21H26N2O3. The fraction of sp³-hybridized carbons (Fsp3) is 0.333. The normalized spacial score (nSPS) is 10.3. The second-order valence-electron chi connectivity index (χ2n) is 6.26. The zero-order valence-corrected chi connectivity index (χ0v) is 15.6. The number of unbranched alkanes of at least 4 members (excludes halogenated alkanes) is 1. The van der Waals surface area contributed by atoms with Gasteiger partial charge in [0, 0.05) is 11.3 Å². The van der Waals surface area contributed by atoms with Crippen molar-refractivity contribution in [2.75, 3.05) is 18.5 Å². The fourth-order valence-electron chi connectivity index (χ4n) is 2.32. The highest BCUT2D eigenvalue weighted by Gasteiger charge is 2.09. The maximum Gasteiger partial charge on any atom is 0.251 e. The van der Waals surface area contributed by atoms with Gasteiger partial charge in [-0.1, -0.05) is 19.4 Å². The summed E-state index contributed by atoms with van der Waals surface area (Å²) < 4.78 is 5.57. The van der Waals surface area contributed by atoms with Crippen molar-refractivity contribution in [1.82, 2.24) is 5.32 Å². The van der Waals surface area contributed by atoms with E-state index in [2.05, 4.69) is 17.6 Å². The molecule has 5 heteroatoms. The van der Waals surface area contributed by atoms with E-state index in [0.717, 1.165) is 29.8 Å². The van der Waals surface area contributed by atoms with Gasteiger partial charge in [-0.25, -0.2) is 0 Å². The molecule has 0 fully saturated rings. The Morgan fingerprint density at radius 1 is 1.00 bits per heavy atom. The Kier molecular flexibility index (Phi) is 7.21. The zero-order valence-electron chi connectivity index (χ0n) is 15.6. The quantitative estimate of drug-likeness (QED) is 0.708. The molecule has 0 aromatic heterocycles. The average molecular weight is 354 g/mol. The Hall–Kier alpha value is -2.82. The number of amides is 2. The maximum atomic E-state index is 12.1. The minimum absolute atomic E-state index is 0.0828. The molecule has 0 saturated carbocycles. The summed E-state index contributed by atoms with van der Waals surface area (Å²) in [7, 11) is 0. The first-order chi connectivity index (χ1) is 12.5. The predicted molar refractivity (Wildman–Crippen MR) is 104 cm³/mol. The zero-order chi connectivity index (χ0) is 18.9. The first kappa shape index (κ1) is 19.5. The topological polar surface area (TPSA) is 67.4 Å². The van der Waals surface area contributed by atoms with E-state index in [1.165, 1.54) is 5.56 Å². The minimum Gasteiger partial charge on any atom is -0.494 e. The lowest BCUT2D eigenvalue weighted by Gasteiger charge is -2.09. The van der Waals surface area contributed by atoms with Gasteiger partial charge in [0.1, 0.15) is 5.75 Å². The molecule has 138 valence electrons. The van der Waals surface area contributed by atoms with Crippen LogP contribution in [0.25, 0.3) is 0 Å². The Morgan fingerprint density at radius 2 is 1.73 bits per heavy atom. The van der Waals surface area contributed by atoms with Crippen LogP contribution in [0.2, 0.25) is 0 Å². The Morgan fingerprint density at radius 3 is 2.38 bits per heavy atom. The van der Waals surface area contributed by atoms with Crippen molar-refractivity contribution in [2.45, 2.75) is 33.6 Å². The third-order valence-electron chi connectivity index (χ3n) is 4.08. The number of benzene rings is 2. The molecule has 0 saturated heterocycles. The number of nitrogens with one attached hydrogen (secondary N) is 2. The number of carbonyl (C=O) groups is 2. The molecule has 0 unspecified atom stereocenters. The largest absolute Gasteiger partial charge is 0.494 e. The number of aryl methyl sites for hydroxylation is 2. The molecule has 2 aromatic carbocycles. The SMILES string of the molecule is CCCCOc1ccc(C(=O)NCC(=O)Nc2ccc(C)c(C)c2)cc1. The van der Waals surface area contributed by atoms with Crippen LogP contribution in [-0.2, 0) is 4.79 Å². The van der Waals surface area contributed by atoms with Gasteiger partial charge in [0.2, 0.25) is 5.91 Å². The summed E-state index contributed by atoms with van der Waals surface area (Å²) in [6, 6.07) is 12.6. The summed E-state index contributed by atoms with van der Waals surface area (Å²) in [6.07, 6.45) is 2.07. The summed E-state index contributed by atoms with van der Waals surface area (Å²) >= 11 is 0. The molecule has 0 aliphatic carbocycles. The lowest BCUT2D eigenvalue weighted by molar-refractivity contribution is -0.115. The number of ether oxygens (including phenoxy) is 1. The average Bonchev–Trinajstić information content (AvgIpc) is 2.63. The van der Waals surface area contributed by atoms with Gasteiger partial charge >= 0.3 is 0 Å². The van der Waals surface area contributed by atoms with Crippen LogP contribution in [0.5, 0.6) is 5.75 Å². The molecule has 0 aliphatic heterocycles. The molecule has 0 bridgehead atoms. The monoisotopic (exact) mass is 354 g/mol. The van der Waals surface area contributed by atoms with E-state index in [1.807, 2.05) is 32.0 Å². The third-order valence-corrected chi connectivity index (χ3v) is 4.08. The smallest absolute Gasteiger partial charge is 0.251 e. The number of carbonyl (C=O) groups excluding carboxylic acids is 2. The summed E-state index contributed by atoms with van der Waals surface area (Å²) in [5, 5.41) is 5.41. The molecule has 2 N–H and O–H groups in total. The number of anilines is 1. The van der Waals surface area contributed by atoms with Crippen molar-refractivity contribution >= 4 is 17.5 Å². The maximum absolute atomic E-state index is 12.1. The van der Waals surface area contributed by atoms with Crippen molar-refractivity contribution < 1.29 is 14.3 Å². The summed E-state index contributed by atoms with van der Waals surface area (Å²) in [5.41, 5.74) is 3.49. The van der Waals surface area contributed by atoms with Crippen LogP contribution in [-0.4, -0.2) is 25.0 Å². The summed E-state index contributed by atoms with van der Waals surface area (Å²) in [4.78, 5) is 24.1. The highest BCUT2D eigenvalue weighted by molar-refractivity contribution is 5.99. The molecular weight excluding hydrogens is 328 g/mol. The highest BCUT2D eigenvalue weighted by atomic mass is 16.5. The number of rotatable bonds is 8. The molecule has 2 amide bonds. The van der Waals surface area contributed by atoms with Gasteiger partial charge in [-0.2, -0.15) is 0 Å². The van der Waals surface area contributed by atoms with Gasteiger partial charge in [-0.15, -0.1) is 0 Å². The van der Waals surface area contributed by atoms with Crippen LogP contribution in [0.1, 0.15) is 41.3 Å². The Balaban J connectivity index is 1.81. The van der Waals surface area contributed by atoms with E-state index < -0.39 is 0 Å². The highest BCUT2D eigenvalue weighted by Crippen LogP contribution is 2.14. The molecule has 26 heavy (non-hydrogen) atoms. The van der Waals surface area contributed by atoms with Gasteiger partial charge in [-0.05, 0) is 67.8 Å². The van der Waals surface area contributed by atoms with E-state index in [1.54, 1.807) is 24.3 Å². The second-order valence-corrected chi connectivity index (χ2v) is 6.26. The first-order valence-corrected chi connectivity index (χ1v) is 8.87. The lowest BCUT2D eigenvalue weighted by Crippen LogP contribution is -2.32. The van der Waals surface area contributed by atoms with Crippen LogP contribution >= 0.6 is 0 Å². The fourth-order valence-corrected chi connectivity index (χ4v) is 2.32. The van der Waals surface area contributed by atoms with E-state index in [0.29, 0.717) is 12.2 Å². The summed E-state index contributed by atoms with van der Waals surface area (Å²) in [6.45, 7) is 6.69. The first-order valence-electron chi connectivity index (χ1n) is 8.87. The lowest BCUT2D eigenvalue weighted by atomic mass is 10.1. The van der Waals surface area contributed by atoms with Gasteiger partial charge in [0.25, 0.3) is 5.91 Å². The minimum atomic E-state index is -0.291. The van der Waals surface area contributed by atoms with Crippen molar-refractivity contribution in [3.63, 3.8) is 0 Å². The van der Waals surface area contributed by atoms with Gasteiger partial charge < -0.3 is 15.4 Å². The van der Waals surface area contributed by atoms with E-state index in [4.69, 9.17) is 4.74 Å². The van der Waals surface area contributed by atoms with E-state index >= 15 is 0 Å². The van der Waals surface area contributed by atoms with Crippen molar-refractivity contribution in [3.8, 4) is 5.75 Å². The molecule has 0 aliphatic rings. The molecule has 0 heterocycles. The van der Waals surface area contributed by atoms with Gasteiger partial charge in [0.05, 0.1) is 13.2 Å². The van der Waals surface area contributed by atoms with Gasteiger partial charge in [-0.3, -0.25) is 9.59 Å². The number of hydrogen-bond acceptors (Lipinski definition) is 3. The number of hydrogen-bond donors (Lipinski definition) is 2. The van der Waals surface area contributed by atoms with E-state index in [-0.39, 0.29) is 18.4 Å². The van der Waals surface area contributed by atoms with Crippen molar-refractivity contribution in [1.29, 1.82) is 0 Å². The molecule has 2 rings (SSSR count). The van der Waals surface area contributed by atoms with Crippen molar-refractivity contribution in [3.05, 3.63) is 59.2 Å². The third kappa shape index (κ3) is 5.92. The van der Waals surface area contributed by atoms with E-state index in [9.17, 15) is 9.59 Å². The molecule has 0 spiro atoms. The molecule has 0 radical (unpaired) electrons. The Bertz CT molecular complexity index is 754. The molecule has 2 aromatic rings. The van der Waals surface area contributed by atoms with Crippen molar-refractivity contribution in [2.24, 2.45) is 0 Å². The second kappa shape index (κ2) is 9.61. The van der Waals surface area contributed by atoms with Crippen LogP contribution in [0, 0.1) is 13.8 Å². The Labute approximate surface area is 154 Å². The van der Waals surface area contributed by atoms with Crippen LogP contribution in [0.3, 0.4) is 0 Å². The van der Waals surface area contributed by atoms with Crippen LogP contribution in [0.4, 0.5) is 5.69 Å². The van der Waals surface area contributed by atoms with Gasteiger partial charge in [0.15, 0.2) is 0 Å². The predicted octanol–water partition coefficient (Wildman–Crippen LogP) is 3.85. The standard InChI is InChI=1S/C21H26N2O3/c1-4-5-12-26-19-10-7-17(8-11-19)21(25)22-14-20(24)23-18-9-6-15(2)16(3)13-18/h6-11,13H,4-5,12,14H2,1-3H3,(H,22,25)(H,23,24). The molecule has 0 atom stereocenters. The van der Waals surface area contributed by atoms with Crippen LogP contribution in [0.15, 0.2) is 42.5 Å². The van der Waals surface area contributed by atoms with Crippen LogP contribution < -0.4 is 15.4 Å².